The van der Waals surface area contributed by atoms with Crippen LogP contribution in [0.4, 0.5) is 5.69 Å². The van der Waals surface area contributed by atoms with E-state index < -0.39 is 4.92 Å². The van der Waals surface area contributed by atoms with E-state index in [1.54, 1.807) is 12.1 Å². The van der Waals surface area contributed by atoms with Gasteiger partial charge in [0.25, 0.3) is 5.69 Å². The quantitative estimate of drug-likeness (QED) is 0.598. The molecule has 0 saturated carbocycles. The van der Waals surface area contributed by atoms with Crippen molar-refractivity contribution in [2.75, 3.05) is 0 Å². The van der Waals surface area contributed by atoms with Crippen molar-refractivity contribution in [1.82, 2.24) is 10.2 Å². The van der Waals surface area contributed by atoms with Gasteiger partial charge in [-0.15, -0.1) is 10.2 Å². The average molecular weight is 247 g/mol. The summed E-state index contributed by atoms with van der Waals surface area (Å²) in [6.07, 6.45) is 2.10. The third kappa shape index (κ3) is 2.91. The van der Waals surface area contributed by atoms with Crippen LogP contribution in [0.15, 0.2) is 28.7 Å². The maximum atomic E-state index is 10.5. The Morgan fingerprint density at radius 1 is 1.17 bits per heavy atom. The highest BCUT2D eigenvalue weighted by molar-refractivity contribution is 5.32. The van der Waals surface area contributed by atoms with Gasteiger partial charge in [0.15, 0.2) is 0 Å². The molecule has 0 aliphatic carbocycles. The van der Waals surface area contributed by atoms with Crippen molar-refractivity contribution in [2.24, 2.45) is 0 Å². The van der Waals surface area contributed by atoms with Gasteiger partial charge >= 0.3 is 0 Å². The minimum atomic E-state index is -0.407. The number of hydrogen-bond acceptors (Lipinski definition) is 5. The SMILES string of the molecule is CCc1nnc(CCc2ccc([N+](=O)[O-])cc2)o1. The van der Waals surface area contributed by atoms with Crippen LogP contribution >= 0.6 is 0 Å². The van der Waals surface area contributed by atoms with Crippen molar-refractivity contribution in [2.45, 2.75) is 26.2 Å². The van der Waals surface area contributed by atoms with Crippen molar-refractivity contribution in [1.29, 1.82) is 0 Å². The summed E-state index contributed by atoms with van der Waals surface area (Å²) >= 11 is 0. The van der Waals surface area contributed by atoms with Crippen molar-refractivity contribution in [3.05, 3.63) is 51.7 Å². The fourth-order valence-electron chi connectivity index (χ4n) is 1.57. The predicted octanol–water partition coefficient (Wildman–Crippen LogP) is 2.33. The molecular formula is C12H13N3O3. The zero-order valence-electron chi connectivity index (χ0n) is 10.00. The number of rotatable bonds is 5. The average Bonchev–Trinajstić information content (AvgIpc) is 2.85. The second-order valence-corrected chi connectivity index (χ2v) is 3.87. The standard InChI is InChI=1S/C12H13N3O3/c1-2-11-13-14-12(18-11)8-5-9-3-6-10(7-4-9)15(16)17/h3-4,6-7H,2,5,8H2,1H3. The smallest absolute Gasteiger partial charge is 0.269 e. The van der Waals surface area contributed by atoms with Gasteiger partial charge < -0.3 is 4.42 Å². The topological polar surface area (TPSA) is 82.1 Å². The molecule has 2 aromatic rings. The summed E-state index contributed by atoms with van der Waals surface area (Å²) in [4.78, 5) is 10.1. The summed E-state index contributed by atoms with van der Waals surface area (Å²) in [6.45, 7) is 1.95. The van der Waals surface area contributed by atoms with Gasteiger partial charge in [-0.25, -0.2) is 0 Å². The molecule has 0 fully saturated rings. The van der Waals surface area contributed by atoms with E-state index in [0.29, 0.717) is 18.2 Å². The lowest BCUT2D eigenvalue weighted by Crippen LogP contribution is -1.93. The minimum Gasteiger partial charge on any atom is -0.425 e. The molecule has 0 atom stereocenters. The summed E-state index contributed by atoms with van der Waals surface area (Å²) in [5.74, 6) is 1.24. The van der Waals surface area contributed by atoms with Crippen molar-refractivity contribution < 1.29 is 9.34 Å². The van der Waals surface area contributed by atoms with Gasteiger partial charge in [0.1, 0.15) is 0 Å². The third-order valence-electron chi connectivity index (χ3n) is 2.59. The molecule has 0 aliphatic heterocycles. The monoisotopic (exact) mass is 247 g/mol. The molecule has 1 aromatic carbocycles. The summed E-state index contributed by atoms with van der Waals surface area (Å²) in [6, 6.07) is 6.49. The molecule has 0 bridgehead atoms. The highest BCUT2D eigenvalue weighted by Gasteiger charge is 2.06. The lowest BCUT2D eigenvalue weighted by Gasteiger charge is -1.98. The van der Waals surface area contributed by atoms with Gasteiger partial charge in [0, 0.05) is 25.0 Å². The van der Waals surface area contributed by atoms with Crippen LogP contribution in [0.2, 0.25) is 0 Å². The number of aromatic nitrogens is 2. The molecule has 0 aliphatic rings. The maximum absolute atomic E-state index is 10.5. The molecule has 0 N–H and O–H groups in total. The first-order chi connectivity index (χ1) is 8.69. The molecule has 2 rings (SSSR count). The summed E-state index contributed by atoms with van der Waals surface area (Å²) < 4.78 is 5.39. The lowest BCUT2D eigenvalue weighted by molar-refractivity contribution is -0.384. The molecule has 1 aromatic heterocycles. The molecule has 0 spiro atoms. The minimum absolute atomic E-state index is 0.102. The Hall–Kier alpha value is -2.24. The number of nitro groups is 1. The molecule has 0 amide bonds. The summed E-state index contributed by atoms with van der Waals surface area (Å²) in [5, 5.41) is 18.3. The van der Waals surface area contributed by atoms with Gasteiger partial charge in [-0.05, 0) is 12.0 Å². The summed E-state index contributed by atoms with van der Waals surface area (Å²) in [5.41, 5.74) is 1.11. The molecule has 94 valence electrons. The highest BCUT2D eigenvalue weighted by Crippen LogP contribution is 2.13. The van der Waals surface area contributed by atoms with Gasteiger partial charge in [0.05, 0.1) is 4.92 Å². The lowest BCUT2D eigenvalue weighted by atomic mass is 10.1. The van der Waals surface area contributed by atoms with E-state index in [1.807, 2.05) is 6.92 Å². The number of nitro benzene ring substituents is 1. The van der Waals surface area contributed by atoms with Crippen molar-refractivity contribution >= 4 is 5.69 Å². The zero-order valence-corrected chi connectivity index (χ0v) is 10.00. The number of hydrogen-bond donors (Lipinski definition) is 0. The van der Waals surface area contributed by atoms with Crippen LogP contribution in [0.1, 0.15) is 24.3 Å². The molecule has 6 nitrogen and oxygen atoms in total. The van der Waals surface area contributed by atoms with Crippen molar-refractivity contribution in [3.63, 3.8) is 0 Å². The predicted molar refractivity (Wildman–Crippen MR) is 64.2 cm³/mol. The molecule has 1 heterocycles. The maximum Gasteiger partial charge on any atom is 0.269 e. The van der Waals surface area contributed by atoms with Crippen LogP contribution in [0.3, 0.4) is 0 Å². The first kappa shape index (κ1) is 12.2. The molecule has 0 radical (unpaired) electrons. The van der Waals surface area contributed by atoms with E-state index >= 15 is 0 Å². The van der Waals surface area contributed by atoms with Crippen molar-refractivity contribution in [3.8, 4) is 0 Å². The Labute approximate surface area is 104 Å². The molecule has 0 unspecified atom stereocenters. The Kier molecular flexibility index (Phi) is 3.66. The van der Waals surface area contributed by atoms with E-state index in [4.69, 9.17) is 4.42 Å². The molecule has 6 heteroatoms. The second-order valence-electron chi connectivity index (χ2n) is 3.87. The molecule has 18 heavy (non-hydrogen) atoms. The number of benzene rings is 1. The van der Waals surface area contributed by atoms with Crippen LogP contribution in [-0.4, -0.2) is 15.1 Å². The number of non-ortho nitro benzene ring substituents is 1. The molecular weight excluding hydrogens is 234 g/mol. The highest BCUT2D eigenvalue weighted by atomic mass is 16.6. The van der Waals surface area contributed by atoms with E-state index in [-0.39, 0.29) is 5.69 Å². The second kappa shape index (κ2) is 5.39. The van der Waals surface area contributed by atoms with Gasteiger partial charge in [0.2, 0.25) is 11.8 Å². The Bertz CT molecular complexity index is 534. The van der Waals surface area contributed by atoms with E-state index in [2.05, 4.69) is 10.2 Å². The van der Waals surface area contributed by atoms with Crippen LogP contribution in [0.25, 0.3) is 0 Å². The number of nitrogens with zero attached hydrogens (tertiary/aromatic N) is 3. The largest absolute Gasteiger partial charge is 0.425 e. The third-order valence-corrected chi connectivity index (χ3v) is 2.59. The number of aryl methyl sites for hydroxylation is 3. The normalized spacial score (nSPS) is 10.5. The molecule has 0 saturated heterocycles. The Balaban J connectivity index is 1.95. The van der Waals surface area contributed by atoms with Gasteiger partial charge in [-0.2, -0.15) is 0 Å². The van der Waals surface area contributed by atoms with E-state index in [1.165, 1.54) is 12.1 Å². The van der Waals surface area contributed by atoms with Crippen LogP contribution in [-0.2, 0) is 19.3 Å². The summed E-state index contributed by atoms with van der Waals surface area (Å²) in [7, 11) is 0. The first-order valence-corrected chi connectivity index (χ1v) is 5.73. The van der Waals surface area contributed by atoms with Gasteiger partial charge in [-0.3, -0.25) is 10.1 Å². The van der Waals surface area contributed by atoms with E-state index in [9.17, 15) is 10.1 Å². The Morgan fingerprint density at radius 2 is 1.83 bits per heavy atom. The first-order valence-electron chi connectivity index (χ1n) is 5.73. The Morgan fingerprint density at radius 3 is 2.39 bits per heavy atom. The van der Waals surface area contributed by atoms with Crippen LogP contribution < -0.4 is 0 Å². The van der Waals surface area contributed by atoms with Crippen LogP contribution in [0.5, 0.6) is 0 Å². The fraction of sp³-hybridized carbons (Fsp3) is 0.333. The van der Waals surface area contributed by atoms with Crippen LogP contribution in [0, 0.1) is 10.1 Å². The van der Waals surface area contributed by atoms with E-state index in [0.717, 1.165) is 18.4 Å². The zero-order chi connectivity index (χ0) is 13.0. The fourth-order valence-corrected chi connectivity index (χ4v) is 1.57. The van der Waals surface area contributed by atoms with Gasteiger partial charge in [-0.1, -0.05) is 19.1 Å².